The molecule has 0 saturated carbocycles. The summed E-state index contributed by atoms with van der Waals surface area (Å²) in [5.41, 5.74) is 10.4. The Morgan fingerprint density at radius 2 is 0.870 bits per heavy atom. The molecule has 242 valence electrons. The van der Waals surface area contributed by atoms with Crippen LogP contribution >= 0.6 is 15.8 Å². The van der Waals surface area contributed by atoms with Crippen LogP contribution in [0.15, 0.2) is 84.9 Å². The standard InChI is InChI=1S/C42H54N2P2/c1-39(2,3)33-25-31(32(26-34(33)40(4,5)6)28-46(41(7,8)9)42(10,11)12)27-45(37-23-21-29-17-13-15-19-35(29)43-37)38-24-22-30-18-14-16-20-36(30)44-38/h13-26H,27-28H2,1-12H3. The minimum atomic E-state index is -0.872. The summed E-state index contributed by atoms with van der Waals surface area (Å²) in [7, 11) is -1.20. The number of para-hydroxylation sites is 2. The lowest BCUT2D eigenvalue weighted by Crippen LogP contribution is -2.27. The van der Waals surface area contributed by atoms with Gasteiger partial charge < -0.3 is 0 Å². The van der Waals surface area contributed by atoms with E-state index in [1.165, 1.54) is 33.0 Å². The molecule has 0 fully saturated rings. The van der Waals surface area contributed by atoms with Gasteiger partial charge in [0.2, 0.25) is 0 Å². The van der Waals surface area contributed by atoms with Gasteiger partial charge in [-0.2, -0.15) is 0 Å². The molecule has 2 nitrogen and oxygen atoms in total. The molecule has 0 bridgehead atoms. The van der Waals surface area contributed by atoms with E-state index in [2.05, 4.69) is 168 Å². The van der Waals surface area contributed by atoms with Crippen LogP contribution in [0.2, 0.25) is 0 Å². The van der Waals surface area contributed by atoms with E-state index in [1.807, 2.05) is 0 Å². The normalized spacial score (nSPS) is 13.3. The second kappa shape index (κ2) is 12.7. The quantitative estimate of drug-likeness (QED) is 0.171. The number of aromatic nitrogens is 2. The van der Waals surface area contributed by atoms with Gasteiger partial charge in [0.05, 0.1) is 21.9 Å². The fourth-order valence-electron chi connectivity index (χ4n) is 6.74. The SMILES string of the molecule is CC(C)(C)c1cc(CP(c2ccc3ccccc3n2)c2ccc3ccccc3n2)c(CP(C(C)(C)C)C(C)(C)C)cc1C(C)(C)C. The van der Waals surface area contributed by atoms with Gasteiger partial charge in [-0.1, -0.05) is 152 Å². The zero-order valence-corrected chi connectivity index (χ0v) is 32.1. The Morgan fingerprint density at radius 1 is 0.478 bits per heavy atom. The first kappa shape index (κ1) is 34.7. The van der Waals surface area contributed by atoms with Crippen molar-refractivity contribution in [3.63, 3.8) is 0 Å². The second-order valence-corrected chi connectivity index (χ2v) is 22.8. The van der Waals surface area contributed by atoms with Crippen LogP contribution in [0.3, 0.4) is 0 Å². The largest absolute Gasteiger partial charge is 0.248 e. The van der Waals surface area contributed by atoms with Crippen LogP contribution in [-0.2, 0) is 23.2 Å². The molecule has 5 rings (SSSR count). The Balaban J connectivity index is 1.76. The van der Waals surface area contributed by atoms with Crippen molar-refractivity contribution < 1.29 is 0 Å². The number of rotatable bonds is 6. The first-order valence-corrected chi connectivity index (χ1v) is 19.8. The highest BCUT2D eigenvalue weighted by molar-refractivity contribution is 7.71. The number of fused-ring (bicyclic) bond motifs is 2. The molecular formula is C42H54N2P2. The maximum Gasteiger partial charge on any atom is 0.0709 e. The summed E-state index contributed by atoms with van der Waals surface area (Å²) in [6.45, 7) is 28.9. The fourth-order valence-corrected chi connectivity index (χ4v) is 12.5. The molecule has 0 aliphatic carbocycles. The van der Waals surface area contributed by atoms with Crippen molar-refractivity contribution in [1.29, 1.82) is 0 Å². The summed E-state index contributed by atoms with van der Waals surface area (Å²) in [6, 6.07) is 31.2. The van der Waals surface area contributed by atoms with Crippen LogP contribution in [-0.4, -0.2) is 20.3 Å². The molecule has 0 spiro atoms. The van der Waals surface area contributed by atoms with Crippen molar-refractivity contribution in [1.82, 2.24) is 9.97 Å². The first-order valence-electron chi connectivity index (χ1n) is 16.8. The van der Waals surface area contributed by atoms with Gasteiger partial charge in [-0.3, -0.25) is 0 Å². The van der Waals surface area contributed by atoms with E-state index >= 15 is 0 Å². The zero-order chi connectivity index (χ0) is 33.7. The molecule has 0 atom stereocenters. The summed E-state index contributed by atoms with van der Waals surface area (Å²) in [4.78, 5) is 10.6. The predicted molar refractivity (Wildman–Crippen MR) is 207 cm³/mol. The molecule has 0 aliphatic rings. The highest BCUT2D eigenvalue weighted by Crippen LogP contribution is 2.62. The highest BCUT2D eigenvalue weighted by atomic mass is 31.1. The number of hydrogen-bond acceptors (Lipinski definition) is 2. The second-order valence-electron chi connectivity index (χ2n) is 16.9. The van der Waals surface area contributed by atoms with Crippen molar-refractivity contribution >= 4 is 48.5 Å². The Kier molecular flexibility index (Phi) is 9.61. The first-order chi connectivity index (χ1) is 21.3. The van der Waals surface area contributed by atoms with Crippen molar-refractivity contribution in [3.8, 4) is 0 Å². The summed E-state index contributed by atoms with van der Waals surface area (Å²) >= 11 is 0. The van der Waals surface area contributed by atoms with Gasteiger partial charge in [0.25, 0.3) is 0 Å². The van der Waals surface area contributed by atoms with E-state index in [-0.39, 0.29) is 29.1 Å². The molecule has 4 heteroatoms. The van der Waals surface area contributed by atoms with Gasteiger partial charge in [-0.15, -0.1) is 0 Å². The molecule has 5 aromatic rings. The highest BCUT2D eigenvalue weighted by Gasteiger charge is 2.36. The Labute approximate surface area is 281 Å². The molecule has 46 heavy (non-hydrogen) atoms. The lowest BCUT2D eigenvalue weighted by atomic mass is 9.74. The van der Waals surface area contributed by atoms with Crippen LogP contribution in [0.5, 0.6) is 0 Å². The Bertz CT molecular complexity index is 1750. The maximum atomic E-state index is 5.32. The third-order valence-corrected chi connectivity index (χ3v) is 15.1. The summed E-state index contributed by atoms with van der Waals surface area (Å²) in [5, 5.41) is 2.83. The van der Waals surface area contributed by atoms with Gasteiger partial charge in [0.1, 0.15) is 0 Å². The monoisotopic (exact) mass is 648 g/mol. The van der Waals surface area contributed by atoms with E-state index in [4.69, 9.17) is 9.97 Å². The molecule has 3 aromatic carbocycles. The van der Waals surface area contributed by atoms with Gasteiger partial charge in [-0.05, 0) is 73.8 Å². The average Bonchev–Trinajstić information content (AvgIpc) is 2.96. The van der Waals surface area contributed by atoms with Gasteiger partial charge in [0, 0.05) is 24.9 Å². The maximum absolute atomic E-state index is 5.32. The Hall–Kier alpha value is -2.66. The average molecular weight is 649 g/mol. The number of nitrogens with zero attached hydrogens (tertiary/aromatic N) is 2. The van der Waals surface area contributed by atoms with Gasteiger partial charge in [0.15, 0.2) is 0 Å². The molecule has 0 saturated heterocycles. The number of hydrogen-bond donors (Lipinski definition) is 0. The Morgan fingerprint density at radius 3 is 1.26 bits per heavy atom. The van der Waals surface area contributed by atoms with E-state index in [0.29, 0.717) is 0 Å². The van der Waals surface area contributed by atoms with Crippen LogP contribution in [0.25, 0.3) is 21.8 Å². The smallest absolute Gasteiger partial charge is 0.0709 e. The van der Waals surface area contributed by atoms with Crippen molar-refractivity contribution in [3.05, 3.63) is 107 Å². The van der Waals surface area contributed by atoms with Crippen LogP contribution in [0, 0.1) is 0 Å². The van der Waals surface area contributed by atoms with Crippen LogP contribution < -0.4 is 10.9 Å². The van der Waals surface area contributed by atoms with Crippen molar-refractivity contribution in [2.24, 2.45) is 0 Å². The van der Waals surface area contributed by atoms with E-state index in [0.717, 1.165) is 34.2 Å². The molecule has 2 aromatic heterocycles. The number of benzene rings is 3. The van der Waals surface area contributed by atoms with Gasteiger partial charge >= 0.3 is 0 Å². The van der Waals surface area contributed by atoms with E-state index < -0.39 is 7.92 Å². The lowest BCUT2D eigenvalue weighted by Gasteiger charge is -2.42. The molecule has 0 amide bonds. The third kappa shape index (κ3) is 7.72. The molecule has 0 unspecified atom stereocenters. The lowest BCUT2D eigenvalue weighted by molar-refractivity contribution is 0.529. The van der Waals surface area contributed by atoms with Crippen LogP contribution in [0.1, 0.15) is 105 Å². The van der Waals surface area contributed by atoms with E-state index in [1.54, 1.807) is 0 Å². The predicted octanol–water partition coefficient (Wildman–Crippen LogP) is 11.6. The van der Waals surface area contributed by atoms with E-state index in [9.17, 15) is 0 Å². The zero-order valence-electron chi connectivity index (χ0n) is 30.3. The number of pyridine rings is 2. The van der Waals surface area contributed by atoms with Crippen molar-refractivity contribution in [2.75, 3.05) is 0 Å². The molecule has 0 N–H and O–H groups in total. The summed E-state index contributed by atoms with van der Waals surface area (Å²) < 4.78 is 0. The molecule has 0 aliphatic heterocycles. The van der Waals surface area contributed by atoms with Crippen LogP contribution in [0.4, 0.5) is 0 Å². The fraction of sp³-hybridized carbons (Fsp3) is 0.429. The summed E-state index contributed by atoms with van der Waals surface area (Å²) in [5.74, 6) is 0. The summed E-state index contributed by atoms with van der Waals surface area (Å²) in [6.07, 6.45) is 2.04. The third-order valence-electron chi connectivity index (χ3n) is 8.95. The molecular weight excluding hydrogens is 594 g/mol. The minimum absolute atomic E-state index is 0.0276. The topological polar surface area (TPSA) is 25.8 Å². The minimum Gasteiger partial charge on any atom is -0.248 e. The molecule has 2 heterocycles. The van der Waals surface area contributed by atoms with Crippen molar-refractivity contribution in [2.45, 2.75) is 117 Å². The van der Waals surface area contributed by atoms with Gasteiger partial charge in [-0.25, -0.2) is 9.97 Å². The molecule has 0 radical (unpaired) electrons.